The van der Waals surface area contributed by atoms with Gasteiger partial charge in [-0.2, -0.15) is 13.2 Å². The van der Waals surface area contributed by atoms with Crippen molar-refractivity contribution in [2.45, 2.75) is 37.9 Å². The second kappa shape index (κ2) is 4.76. The van der Waals surface area contributed by atoms with Gasteiger partial charge in [0, 0.05) is 19.1 Å². The van der Waals surface area contributed by atoms with E-state index in [4.69, 9.17) is 5.73 Å². The van der Waals surface area contributed by atoms with E-state index >= 15 is 0 Å². The second-order valence-corrected chi connectivity index (χ2v) is 5.70. The normalized spacial score (nSPS) is 37.1. The number of halogens is 3. The summed E-state index contributed by atoms with van der Waals surface area (Å²) in [6, 6.07) is 0.210. The summed E-state index contributed by atoms with van der Waals surface area (Å²) in [4.78, 5) is 1.79. The molecule has 5 heteroatoms. The summed E-state index contributed by atoms with van der Waals surface area (Å²) in [6.07, 6.45) is -1.14. The van der Waals surface area contributed by atoms with Crippen molar-refractivity contribution in [3.8, 4) is 0 Å². The lowest BCUT2D eigenvalue weighted by Gasteiger charge is -2.31. The van der Waals surface area contributed by atoms with Crippen molar-refractivity contribution in [2.24, 2.45) is 23.5 Å². The van der Waals surface area contributed by atoms with Gasteiger partial charge < -0.3 is 10.6 Å². The van der Waals surface area contributed by atoms with E-state index < -0.39 is 12.6 Å². The largest absolute Gasteiger partial charge is 0.390 e. The van der Waals surface area contributed by atoms with E-state index in [2.05, 4.69) is 0 Å². The van der Waals surface area contributed by atoms with E-state index in [0.717, 1.165) is 6.54 Å². The molecule has 2 fully saturated rings. The molecule has 0 aromatic heterocycles. The molecule has 2 N–H and O–H groups in total. The minimum absolute atomic E-state index is 0.0874. The van der Waals surface area contributed by atoms with Gasteiger partial charge in [-0.3, -0.25) is 0 Å². The molecule has 2 aliphatic rings. The molecule has 0 saturated heterocycles. The van der Waals surface area contributed by atoms with Crippen LogP contribution < -0.4 is 5.73 Å². The highest BCUT2D eigenvalue weighted by Gasteiger charge is 2.45. The van der Waals surface area contributed by atoms with Gasteiger partial charge in [0.2, 0.25) is 0 Å². The Balaban J connectivity index is 1.77. The Morgan fingerprint density at radius 3 is 2.41 bits per heavy atom. The average Bonchev–Trinajstić information content (AvgIpc) is 2.78. The summed E-state index contributed by atoms with van der Waals surface area (Å²) in [5, 5.41) is 0. The number of hydrogen-bond acceptors (Lipinski definition) is 2. The van der Waals surface area contributed by atoms with Gasteiger partial charge >= 0.3 is 6.18 Å². The Bertz CT molecular complexity index is 265. The third kappa shape index (κ3) is 3.13. The second-order valence-electron chi connectivity index (χ2n) is 5.70. The molecule has 4 unspecified atom stereocenters. The first-order valence-electron chi connectivity index (χ1n) is 6.37. The van der Waals surface area contributed by atoms with Crippen molar-refractivity contribution < 1.29 is 13.2 Å². The molecule has 2 rings (SSSR count). The molecule has 4 atom stereocenters. The molecular formula is C12H21F3N2. The van der Waals surface area contributed by atoms with E-state index in [1.165, 1.54) is 19.3 Å². The summed E-state index contributed by atoms with van der Waals surface area (Å²) in [5.74, 6) is 1.69. The molecule has 2 aliphatic carbocycles. The molecule has 0 amide bonds. The summed E-state index contributed by atoms with van der Waals surface area (Å²) in [5.41, 5.74) is 6.15. The van der Waals surface area contributed by atoms with E-state index in [0.29, 0.717) is 17.8 Å². The monoisotopic (exact) mass is 250 g/mol. The third-order valence-electron chi connectivity index (χ3n) is 4.46. The van der Waals surface area contributed by atoms with Crippen molar-refractivity contribution in [3.05, 3.63) is 0 Å². The van der Waals surface area contributed by atoms with Crippen molar-refractivity contribution in [1.82, 2.24) is 4.90 Å². The third-order valence-corrected chi connectivity index (χ3v) is 4.46. The maximum absolute atomic E-state index is 12.1. The number of alkyl halides is 3. The predicted molar refractivity (Wildman–Crippen MR) is 60.5 cm³/mol. The Morgan fingerprint density at radius 2 is 1.88 bits per heavy atom. The standard InChI is InChI=1S/C12H21F3N2/c1-17(5-4-12(13,14)15)7-10-8-2-3-9(6-8)11(10)16/h8-11H,2-7,16H2,1H3. The van der Waals surface area contributed by atoms with Crippen LogP contribution in [0.15, 0.2) is 0 Å². The van der Waals surface area contributed by atoms with Crippen LogP contribution in [0.25, 0.3) is 0 Å². The maximum Gasteiger partial charge on any atom is 0.390 e. The minimum Gasteiger partial charge on any atom is -0.327 e. The lowest BCUT2D eigenvalue weighted by Crippen LogP contribution is -2.42. The van der Waals surface area contributed by atoms with Crippen molar-refractivity contribution in [2.75, 3.05) is 20.1 Å². The summed E-state index contributed by atoms with van der Waals surface area (Å²) >= 11 is 0. The number of nitrogens with two attached hydrogens (primary N) is 1. The highest BCUT2D eigenvalue weighted by atomic mass is 19.4. The quantitative estimate of drug-likeness (QED) is 0.829. The summed E-state index contributed by atoms with van der Waals surface area (Å²) < 4.78 is 36.3. The molecule has 0 radical (unpaired) electrons. The van der Waals surface area contributed by atoms with Gasteiger partial charge in [0.05, 0.1) is 6.42 Å². The van der Waals surface area contributed by atoms with Crippen LogP contribution in [0.5, 0.6) is 0 Å². The van der Waals surface area contributed by atoms with Crippen LogP contribution in [0.2, 0.25) is 0 Å². The van der Waals surface area contributed by atoms with Crippen LogP contribution in [0.3, 0.4) is 0 Å². The van der Waals surface area contributed by atoms with Crippen LogP contribution in [0, 0.1) is 17.8 Å². The number of nitrogens with zero attached hydrogens (tertiary/aromatic N) is 1. The Kier molecular flexibility index (Phi) is 3.69. The van der Waals surface area contributed by atoms with E-state index in [1.807, 2.05) is 0 Å². The van der Waals surface area contributed by atoms with Gasteiger partial charge in [0.25, 0.3) is 0 Å². The lowest BCUT2D eigenvalue weighted by atomic mass is 9.84. The Morgan fingerprint density at radius 1 is 1.24 bits per heavy atom. The maximum atomic E-state index is 12.1. The van der Waals surface area contributed by atoms with Gasteiger partial charge in [-0.25, -0.2) is 0 Å². The van der Waals surface area contributed by atoms with Gasteiger partial charge in [-0.15, -0.1) is 0 Å². The van der Waals surface area contributed by atoms with Gasteiger partial charge in [-0.05, 0) is 44.1 Å². The minimum atomic E-state index is -4.05. The Labute approximate surface area is 100 Å². The van der Waals surface area contributed by atoms with E-state index in [-0.39, 0.29) is 12.6 Å². The first kappa shape index (κ1) is 13.1. The van der Waals surface area contributed by atoms with Gasteiger partial charge in [-0.1, -0.05) is 0 Å². The molecule has 0 aromatic carbocycles. The molecule has 2 nitrogen and oxygen atoms in total. The van der Waals surface area contributed by atoms with Crippen LogP contribution in [0.4, 0.5) is 13.2 Å². The lowest BCUT2D eigenvalue weighted by molar-refractivity contribution is -0.137. The molecule has 0 aliphatic heterocycles. The Hall–Kier alpha value is -0.290. The average molecular weight is 250 g/mol. The van der Waals surface area contributed by atoms with Crippen molar-refractivity contribution in [3.63, 3.8) is 0 Å². The molecule has 2 saturated carbocycles. The van der Waals surface area contributed by atoms with Gasteiger partial charge in [0.1, 0.15) is 0 Å². The molecule has 100 valence electrons. The fourth-order valence-corrected chi connectivity index (χ4v) is 3.49. The van der Waals surface area contributed by atoms with Crippen LogP contribution in [-0.4, -0.2) is 37.3 Å². The van der Waals surface area contributed by atoms with E-state index in [1.54, 1.807) is 11.9 Å². The van der Waals surface area contributed by atoms with Crippen LogP contribution >= 0.6 is 0 Å². The highest BCUT2D eigenvalue weighted by molar-refractivity contribution is 4.99. The molecule has 0 heterocycles. The summed E-state index contributed by atoms with van der Waals surface area (Å²) in [6.45, 7) is 0.808. The zero-order chi connectivity index (χ0) is 12.6. The fourth-order valence-electron chi connectivity index (χ4n) is 3.49. The predicted octanol–water partition coefficient (Wildman–Crippen LogP) is 2.24. The fraction of sp³-hybridized carbons (Fsp3) is 1.00. The number of fused-ring (bicyclic) bond motifs is 2. The molecule has 0 spiro atoms. The first-order valence-corrected chi connectivity index (χ1v) is 6.37. The smallest absolute Gasteiger partial charge is 0.327 e. The van der Waals surface area contributed by atoms with E-state index in [9.17, 15) is 13.2 Å². The number of rotatable bonds is 4. The topological polar surface area (TPSA) is 29.3 Å². The number of hydrogen-bond donors (Lipinski definition) is 1. The zero-order valence-corrected chi connectivity index (χ0v) is 10.2. The highest BCUT2D eigenvalue weighted by Crippen LogP contribution is 2.47. The van der Waals surface area contributed by atoms with Crippen LogP contribution in [-0.2, 0) is 0 Å². The van der Waals surface area contributed by atoms with Crippen molar-refractivity contribution >= 4 is 0 Å². The van der Waals surface area contributed by atoms with Crippen LogP contribution in [0.1, 0.15) is 25.7 Å². The SMILES string of the molecule is CN(CCC(F)(F)F)CC1C2CCC(C2)C1N. The van der Waals surface area contributed by atoms with Crippen molar-refractivity contribution in [1.29, 1.82) is 0 Å². The first-order chi connectivity index (χ1) is 7.87. The molecule has 17 heavy (non-hydrogen) atoms. The summed E-state index contributed by atoms with van der Waals surface area (Å²) in [7, 11) is 1.77. The molecular weight excluding hydrogens is 229 g/mol. The molecule has 0 aromatic rings. The van der Waals surface area contributed by atoms with Gasteiger partial charge in [0.15, 0.2) is 0 Å². The zero-order valence-electron chi connectivity index (χ0n) is 10.2. The molecule has 2 bridgehead atoms.